The lowest BCUT2D eigenvalue weighted by molar-refractivity contribution is -0.132. The van der Waals surface area contributed by atoms with E-state index in [1.165, 1.54) is 0 Å². The van der Waals surface area contributed by atoms with Crippen LogP contribution in [0.15, 0.2) is 24.3 Å². The third-order valence-corrected chi connectivity index (χ3v) is 4.66. The second-order valence-electron chi connectivity index (χ2n) is 6.60. The monoisotopic (exact) mass is 318 g/mol. The average molecular weight is 318 g/mol. The van der Waals surface area contributed by atoms with Crippen molar-refractivity contribution in [2.75, 3.05) is 26.7 Å². The molecule has 1 heterocycles. The van der Waals surface area contributed by atoms with Crippen molar-refractivity contribution in [3.63, 3.8) is 0 Å². The Labute approximate surface area is 137 Å². The van der Waals surface area contributed by atoms with E-state index >= 15 is 0 Å². The largest absolute Gasteiger partial charge is 0.478 e. The second-order valence-corrected chi connectivity index (χ2v) is 6.60. The van der Waals surface area contributed by atoms with Gasteiger partial charge in [-0.25, -0.2) is 4.79 Å². The first-order valence-electron chi connectivity index (χ1n) is 8.19. The molecule has 1 aliphatic heterocycles. The van der Waals surface area contributed by atoms with Crippen molar-refractivity contribution in [1.82, 2.24) is 9.80 Å². The first-order chi connectivity index (χ1) is 10.9. The molecule has 0 unspecified atom stereocenters. The standard InChI is InChI=1S/C18H26N2O3/c1-13(2)19(3)17(21)12-20-10-4-5-16(11-20)14-6-8-15(9-7-14)18(22)23/h6-9,13,16H,4-5,10-12H2,1-3H3,(H,22,23)/t16-/m0/s1. The summed E-state index contributed by atoms with van der Waals surface area (Å²) in [6.45, 7) is 6.28. The topological polar surface area (TPSA) is 60.9 Å². The molecular formula is C18H26N2O3. The van der Waals surface area contributed by atoms with E-state index in [4.69, 9.17) is 5.11 Å². The van der Waals surface area contributed by atoms with E-state index < -0.39 is 5.97 Å². The van der Waals surface area contributed by atoms with Crippen LogP contribution in [0.3, 0.4) is 0 Å². The second kappa shape index (κ2) is 7.59. The van der Waals surface area contributed by atoms with Crippen molar-refractivity contribution in [1.29, 1.82) is 0 Å². The minimum atomic E-state index is -0.899. The molecule has 0 bridgehead atoms. The van der Waals surface area contributed by atoms with Crippen LogP contribution >= 0.6 is 0 Å². The van der Waals surface area contributed by atoms with Crippen molar-refractivity contribution in [2.24, 2.45) is 0 Å². The zero-order valence-corrected chi connectivity index (χ0v) is 14.2. The Bertz CT molecular complexity index is 554. The number of hydrogen-bond donors (Lipinski definition) is 1. The molecule has 1 aliphatic rings. The summed E-state index contributed by atoms with van der Waals surface area (Å²) in [5.74, 6) is -0.380. The van der Waals surface area contributed by atoms with Gasteiger partial charge in [-0.2, -0.15) is 0 Å². The summed E-state index contributed by atoms with van der Waals surface area (Å²) in [5, 5.41) is 8.97. The minimum absolute atomic E-state index is 0.155. The fourth-order valence-electron chi connectivity index (χ4n) is 2.96. The molecule has 0 aromatic heterocycles. The first-order valence-corrected chi connectivity index (χ1v) is 8.19. The molecule has 0 radical (unpaired) electrons. The van der Waals surface area contributed by atoms with Gasteiger partial charge in [0.1, 0.15) is 0 Å². The summed E-state index contributed by atoms with van der Waals surface area (Å²) in [5.41, 5.74) is 1.47. The maximum absolute atomic E-state index is 12.2. The molecule has 0 aliphatic carbocycles. The van der Waals surface area contributed by atoms with Gasteiger partial charge in [0.05, 0.1) is 12.1 Å². The van der Waals surface area contributed by atoms with E-state index in [1.807, 2.05) is 33.0 Å². The predicted molar refractivity (Wildman–Crippen MR) is 89.7 cm³/mol. The number of benzene rings is 1. The molecule has 126 valence electrons. The summed E-state index contributed by atoms with van der Waals surface area (Å²) in [6, 6.07) is 7.34. The number of carbonyl (C=O) groups excluding carboxylic acids is 1. The smallest absolute Gasteiger partial charge is 0.335 e. The highest BCUT2D eigenvalue weighted by Gasteiger charge is 2.24. The van der Waals surface area contributed by atoms with Crippen LogP contribution < -0.4 is 0 Å². The highest BCUT2D eigenvalue weighted by atomic mass is 16.4. The lowest BCUT2D eigenvalue weighted by atomic mass is 9.90. The predicted octanol–water partition coefficient (Wildman–Crippen LogP) is 2.43. The molecule has 1 aromatic carbocycles. The number of likely N-dealkylation sites (N-methyl/N-ethyl adjacent to an activating group) is 1. The normalized spacial score (nSPS) is 18.9. The van der Waals surface area contributed by atoms with E-state index in [2.05, 4.69) is 4.90 Å². The third kappa shape index (κ3) is 4.55. The van der Waals surface area contributed by atoms with Crippen LogP contribution in [-0.2, 0) is 4.79 Å². The fraction of sp³-hybridized carbons (Fsp3) is 0.556. The van der Waals surface area contributed by atoms with Crippen LogP contribution in [0.2, 0.25) is 0 Å². The molecule has 5 nitrogen and oxygen atoms in total. The molecule has 0 spiro atoms. The van der Waals surface area contributed by atoms with Crippen molar-refractivity contribution in [3.8, 4) is 0 Å². The first kappa shape index (κ1) is 17.5. The molecule has 1 N–H and O–H groups in total. The van der Waals surface area contributed by atoms with E-state index in [9.17, 15) is 9.59 Å². The number of aromatic carboxylic acids is 1. The number of amides is 1. The lowest BCUT2D eigenvalue weighted by Gasteiger charge is -2.34. The summed E-state index contributed by atoms with van der Waals surface area (Å²) in [7, 11) is 1.85. The van der Waals surface area contributed by atoms with Crippen molar-refractivity contribution < 1.29 is 14.7 Å². The summed E-state index contributed by atoms with van der Waals surface area (Å²) >= 11 is 0. The number of likely N-dealkylation sites (tertiary alicyclic amines) is 1. The maximum Gasteiger partial charge on any atom is 0.335 e. The van der Waals surface area contributed by atoms with Gasteiger partial charge in [-0.3, -0.25) is 9.69 Å². The molecule has 1 saturated heterocycles. The summed E-state index contributed by atoms with van der Waals surface area (Å²) in [6.07, 6.45) is 2.14. The molecule has 1 aromatic rings. The van der Waals surface area contributed by atoms with Crippen LogP contribution in [0.25, 0.3) is 0 Å². The molecule has 5 heteroatoms. The van der Waals surface area contributed by atoms with Crippen molar-refractivity contribution in [2.45, 2.75) is 38.6 Å². The Morgan fingerprint density at radius 1 is 1.30 bits per heavy atom. The van der Waals surface area contributed by atoms with Crippen molar-refractivity contribution >= 4 is 11.9 Å². The van der Waals surface area contributed by atoms with Crippen LogP contribution in [0.1, 0.15) is 48.5 Å². The SMILES string of the molecule is CC(C)N(C)C(=O)CN1CCC[C@H](c2ccc(C(=O)O)cc2)C1. The van der Waals surface area contributed by atoms with Gasteiger partial charge in [-0.05, 0) is 56.8 Å². The van der Waals surface area contributed by atoms with Gasteiger partial charge in [0.2, 0.25) is 5.91 Å². The summed E-state index contributed by atoms with van der Waals surface area (Å²) in [4.78, 5) is 27.2. The number of carboxylic acids is 1. The van der Waals surface area contributed by atoms with E-state index in [-0.39, 0.29) is 11.9 Å². The van der Waals surface area contributed by atoms with Gasteiger partial charge < -0.3 is 10.0 Å². The zero-order chi connectivity index (χ0) is 17.0. The number of nitrogens with zero attached hydrogens (tertiary/aromatic N) is 2. The van der Waals surface area contributed by atoms with Gasteiger partial charge >= 0.3 is 5.97 Å². The van der Waals surface area contributed by atoms with Gasteiger partial charge in [-0.1, -0.05) is 12.1 Å². The fourth-order valence-corrected chi connectivity index (χ4v) is 2.96. The Balaban J connectivity index is 1.97. The highest BCUT2D eigenvalue weighted by molar-refractivity contribution is 5.87. The van der Waals surface area contributed by atoms with Crippen LogP contribution in [-0.4, -0.2) is 59.5 Å². The molecule has 0 saturated carbocycles. The Morgan fingerprint density at radius 3 is 2.52 bits per heavy atom. The van der Waals surface area contributed by atoms with E-state index in [0.717, 1.165) is 31.5 Å². The van der Waals surface area contributed by atoms with Gasteiger partial charge in [0.15, 0.2) is 0 Å². The molecule has 2 rings (SSSR count). The Hall–Kier alpha value is -1.88. The third-order valence-electron chi connectivity index (χ3n) is 4.66. The lowest BCUT2D eigenvalue weighted by Crippen LogP contribution is -2.44. The molecular weight excluding hydrogens is 292 g/mol. The van der Waals surface area contributed by atoms with Gasteiger partial charge in [0.25, 0.3) is 0 Å². The molecule has 1 amide bonds. The van der Waals surface area contributed by atoms with Gasteiger partial charge in [0, 0.05) is 19.6 Å². The van der Waals surface area contributed by atoms with Gasteiger partial charge in [-0.15, -0.1) is 0 Å². The Kier molecular flexibility index (Phi) is 5.77. The molecule has 1 atom stereocenters. The van der Waals surface area contributed by atoms with E-state index in [1.54, 1.807) is 17.0 Å². The number of rotatable bonds is 5. The summed E-state index contributed by atoms with van der Waals surface area (Å²) < 4.78 is 0. The van der Waals surface area contributed by atoms with Crippen LogP contribution in [0.5, 0.6) is 0 Å². The Morgan fingerprint density at radius 2 is 1.96 bits per heavy atom. The number of carboxylic acid groups (broad SMARTS) is 1. The number of piperidine rings is 1. The molecule has 23 heavy (non-hydrogen) atoms. The minimum Gasteiger partial charge on any atom is -0.478 e. The quantitative estimate of drug-likeness (QED) is 0.906. The average Bonchev–Trinajstić information content (AvgIpc) is 2.54. The van der Waals surface area contributed by atoms with Crippen LogP contribution in [0.4, 0.5) is 0 Å². The highest BCUT2D eigenvalue weighted by Crippen LogP contribution is 2.27. The zero-order valence-electron chi connectivity index (χ0n) is 14.2. The number of carbonyl (C=O) groups is 2. The van der Waals surface area contributed by atoms with Crippen LogP contribution in [0, 0.1) is 0 Å². The van der Waals surface area contributed by atoms with Crippen molar-refractivity contribution in [3.05, 3.63) is 35.4 Å². The number of hydrogen-bond acceptors (Lipinski definition) is 3. The van der Waals surface area contributed by atoms with E-state index in [0.29, 0.717) is 18.0 Å². The molecule has 1 fully saturated rings. The maximum atomic E-state index is 12.2.